The van der Waals surface area contributed by atoms with Crippen LogP contribution < -0.4 is 5.32 Å². The van der Waals surface area contributed by atoms with Gasteiger partial charge in [0, 0.05) is 12.8 Å². The zero-order valence-corrected chi connectivity index (χ0v) is 52.5. The van der Waals surface area contributed by atoms with Gasteiger partial charge in [0.1, 0.15) is 0 Å². The van der Waals surface area contributed by atoms with Crippen molar-refractivity contribution in [2.75, 3.05) is 13.2 Å². The normalized spacial score (nSPS) is 12.5. The standard InChI is InChI=1S/C71H139NO5/c1-3-5-7-9-11-13-15-17-37-41-45-49-53-57-61-65-71(76)77-66-62-58-54-50-46-42-39-36-34-32-30-28-26-24-22-20-18-19-21-23-25-27-29-31-33-35-38-40-44-48-52-56-60-64-70(75)72-68(67-73)69(74)63-59-55-51-47-43-16-14-12-10-8-6-4-2/h22,24,68-69,73-74H,3-21,23,25-67H2,1-2H3,(H,72,75)/b24-22-. The molecule has 0 aromatic heterocycles. The van der Waals surface area contributed by atoms with Gasteiger partial charge < -0.3 is 20.3 Å². The molecule has 6 heteroatoms. The zero-order chi connectivity index (χ0) is 55.7. The lowest BCUT2D eigenvalue weighted by molar-refractivity contribution is -0.143. The maximum absolute atomic E-state index is 12.5. The molecule has 0 saturated heterocycles. The maximum atomic E-state index is 12.5. The van der Waals surface area contributed by atoms with Crippen molar-refractivity contribution in [3.8, 4) is 0 Å². The molecule has 6 nitrogen and oxygen atoms in total. The number of hydrogen-bond donors (Lipinski definition) is 3. The van der Waals surface area contributed by atoms with Crippen LogP contribution in [0.3, 0.4) is 0 Å². The lowest BCUT2D eigenvalue weighted by atomic mass is 10.0. The van der Waals surface area contributed by atoms with Gasteiger partial charge >= 0.3 is 5.97 Å². The van der Waals surface area contributed by atoms with Gasteiger partial charge in [-0.15, -0.1) is 0 Å². The number of rotatable bonds is 67. The number of esters is 1. The molecule has 0 heterocycles. The Morgan fingerprint density at radius 3 is 0.922 bits per heavy atom. The van der Waals surface area contributed by atoms with Crippen molar-refractivity contribution in [3.05, 3.63) is 12.2 Å². The summed E-state index contributed by atoms with van der Waals surface area (Å²) in [6, 6.07) is -0.537. The minimum atomic E-state index is -0.660. The van der Waals surface area contributed by atoms with Gasteiger partial charge in [-0.2, -0.15) is 0 Å². The van der Waals surface area contributed by atoms with Crippen LogP contribution in [0.15, 0.2) is 12.2 Å². The lowest BCUT2D eigenvalue weighted by Gasteiger charge is -2.22. The van der Waals surface area contributed by atoms with Gasteiger partial charge in [0.2, 0.25) is 5.91 Å². The first kappa shape index (κ1) is 75.6. The molecular formula is C71H139NO5. The smallest absolute Gasteiger partial charge is 0.305 e. The predicted octanol–water partition coefficient (Wildman–Crippen LogP) is 22.8. The van der Waals surface area contributed by atoms with E-state index in [1.165, 1.54) is 334 Å². The number of ether oxygens (including phenoxy) is 1. The third-order valence-electron chi connectivity index (χ3n) is 16.8. The second-order valence-electron chi connectivity index (χ2n) is 24.6. The highest BCUT2D eigenvalue weighted by Gasteiger charge is 2.20. The number of unbranched alkanes of at least 4 members (excludes halogenated alkanes) is 54. The van der Waals surface area contributed by atoms with Crippen molar-refractivity contribution in [3.63, 3.8) is 0 Å². The zero-order valence-electron chi connectivity index (χ0n) is 52.5. The molecule has 0 rings (SSSR count). The third-order valence-corrected chi connectivity index (χ3v) is 16.8. The van der Waals surface area contributed by atoms with Gasteiger partial charge in [-0.25, -0.2) is 0 Å². The van der Waals surface area contributed by atoms with Gasteiger partial charge in [0.25, 0.3) is 0 Å². The van der Waals surface area contributed by atoms with Crippen molar-refractivity contribution in [2.24, 2.45) is 0 Å². The van der Waals surface area contributed by atoms with Crippen LogP contribution in [0, 0.1) is 0 Å². The Labute approximate surface area is 482 Å². The van der Waals surface area contributed by atoms with E-state index in [0.717, 1.165) is 38.5 Å². The lowest BCUT2D eigenvalue weighted by Crippen LogP contribution is -2.45. The molecule has 0 bridgehead atoms. The summed E-state index contributed by atoms with van der Waals surface area (Å²) in [5.41, 5.74) is 0. The number of amides is 1. The summed E-state index contributed by atoms with van der Waals surface area (Å²) in [4.78, 5) is 24.6. The molecule has 0 aliphatic heterocycles. The largest absolute Gasteiger partial charge is 0.466 e. The minimum Gasteiger partial charge on any atom is -0.466 e. The summed E-state index contributed by atoms with van der Waals surface area (Å²) >= 11 is 0. The highest BCUT2D eigenvalue weighted by molar-refractivity contribution is 5.76. The highest BCUT2D eigenvalue weighted by Crippen LogP contribution is 2.19. The first-order chi connectivity index (χ1) is 38.0. The summed E-state index contributed by atoms with van der Waals surface area (Å²) in [5.74, 6) is -0.00754. The molecule has 0 aliphatic rings. The molecule has 1 amide bonds. The Bertz CT molecular complexity index is 1160. The Balaban J connectivity index is 3.32. The molecule has 0 saturated carbocycles. The van der Waals surface area contributed by atoms with E-state index >= 15 is 0 Å². The highest BCUT2D eigenvalue weighted by atomic mass is 16.5. The Kier molecular flexibility index (Phi) is 65.9. The molecular weight excluding hydrogens is 947 g/mol. The number of carbonyl (C=O) groups is 2. The second-order valence-corrected chi connectivity index (χ2v) is 24.6. The van der Waals surface area contributed by atoms with Crippen molar-refractivity contribution in [2.45, 2.75) is 418 Å². The van der Waals surface area contributed by atoms with Crippen LogP contribution >= 0.6 is 0 Å². The van der Waals surface area contributed by atoms with Gasteiger partial charge in [-0.1, -0.05) is 353 Å². The summed E-state index contributed by atoms with van der Waals surface area (Å²) in [6.07, 6.45) is 82.8. The van der Waals surface area contributed by atoms with E-state index in [2.05, 4.69) is 31.3 Å². The minimum absolute atomic E-state index is 0.0224. The maximum Gasteiger partial charge on any atom is 0.305 e. The van der Waals surface area contributed by atoms with E-state index in [1.54, 1.807) is 0 Å². The number of aliphatic hydroxyl groups is 2. The van der Waals surface area contributed by atoms with Crippen LogP contribution in [0.25, 0.3) is 0 Å². The molecule has 0 aromatic rings. The van der Waals surface area contributed by atoms with Crippen LogP contribution in [0.1, 0.15) is 406 Å². The molecule has 3 N–H and O–H groups in total. The first-order valence-corrected chi connectivity index (χ1v) is 35.4. The van der Waals surface area contributed by atoms with E-state index in [4.69, 9.17) is 4.74 Å². The van der Waals surface area contributed by atoms with Crippen LogP contribution in [-0.2, 0) is 14.3 Å². The van der Waals surface area contributed by atoms with E-state index in [0.29, 0.717) is 25.9 Å². The fourth-order valence-corrected chi connectivity index (χ4v) is 11.4. The summed E-state index contributed by atoms with van der Waals surface area (Å²) in [5, 5.41) is 23.3. The van der Waals surface area contributed by atoms with Crippen molar-refractivity contribution in [1.82, 2.24) is 5.32 Å². The SMILES string of the molecule is CCCCCCCCCCCCCCCCCC(=O)OCCCCCCCCCCCCCC/C=C\CCCCCCCCCCCCCCCCCCCC(=O)NC(CO)C(O)CCCCCCCCCCCCCC. The van der Waals surface area contributed by atoms with Crippen LogP contribution in [0.2, 0.25) is 0 Å². The Hall–Kier alpha value is -1.40. The van der Waals surface area contributed by atoms with E-state index < -0.39 is 12.1 Å². The first-order valence-electron chi connectivity index (χ1n) is 35.4. The summed E-state index contributed by atoms with van der Waals surface area (Å²) < 4.78 is 5.50. The van der Waals surface area contributed by atoms with Crippen LogP contribution in [-0.4, -0.2) is 47.4 Å². The number of aliphatic hydroxyl groups excluding tert-OH is 2. The number of hydrogen-bond acceptors (Lipinski definition) is 5. The Morgan fingerprint density at radius 2 is 0.610 bits per heavy atom. The van der Waals surface area contributed by atoms with Gasteiger partial charge in [0.15, 0.2) is 0 Å². The quantitative estimate of drug-likeness (QED) is 0.0320. The van der Waals surface area contributed by atoms with Gasteiger partial charge in [0.05, 0.1) is 25.4 Å². The predicted molar refractivity (Wildman–Crippen MR) is 338 cm³/mol. The summed E-state index contributed by atoms with van der Waals surface area (Å²) in [7, 11) is 0. The molecule has 0 fully saturated rings. The van der Waals surface area contributed by atoms with E-state index in [-0.39, 0.29) is 18.5 Å². The summed E-state index contributed by atoms with van der Waals surface area (Å²) in [6.45, 7) is 4.99. The van der Waals surface area contributed by atoms with Gasteiger partial charge in [-0.3, -0.25) is 9.59 Å². The molecule has 0 radical (unpaired) electrons. The Morgan fingerprint density at radius 1 is 0.351 bits per heavy atom. The molecule has 0 spiro atoms. The molecule has 2 atom stereocenters. The molecule has 0 aliphatic carbocycles. The van der Waals surface area contributed by atoms with Gasteiger partial charge in [-0.05, 0) is 51.4 Å². The van der Waals surface area contributed by atoms with Crippen molar-refractivity contribution in [1.29, 1.82) is 0 Å². The van der Waals surface area contributed by atoms with Crippen LogP contribution in [0.4, 0.5) is 0 Å². The fraction of sp³-hybridized carbons (Fsp3) is 0.944. The number of carbonyl (C=O) groups excluding carboxylic acids is 2. The topological polar surface area (TPSA) is 95.9 Å². The molecule has 458 valence electrons. The molecule has 77 heavy (non-hydrogen) atoms. The average Bonchev–Trinajstić information content (AvgIpc) is 3.43. The second kappa shape index (κ2) is 67.1. The van der Waals surface area contributed by atoms with E-state index in [9.17, 15) is 19.8 Å². The monoisotopic (exact) mass is 1090 g/mol. The molecule has 2 unspecified atom stereocenters. The van der Waals surface area contributed by atoms with Crippen molar-refractivity contribution >= 4 is 11.9 Å². The van der Waals surface area contributed by atoms with E-state index in [1.807, 2.05) is 0 Å². The van der Waals surface area contributed by atoms with Crippen molar-refractivity contribution < 1.29 is 24.5 Å². The number of allylic oxidation sites excluding steroid dienone is 2. The fourth-order valence-electron chi connectivity index (χ4n) is 11.4. The number of nitrogens with one attached hydrogen (secondary N) is 1. The molecule has 0 aromatic carbocycles. The third kappa shape index (κ3) is 63.6. The average molecular weight is 1090 g/mol. The van der Waals surface area contributed by atoms with Crippen LogP contribution in [0.5, 0.6) is 0 Å².